The molecule has 5 nitrogen and oxygen atoms in total. The Balaban J connectivity index is 2.18. The van der Waals surface area contributed by atoms with Crippen LogP contribution in [0.3, 0.4) is 0 Å². The average molecular weight is 242 g/mol. The first-order chi connectivity index (χ1) is 8.00. The van der Waals surface area contributed by atoms with Gasteiger partial charge < -0.3 is 15.3 Å². The molecule has 2 N–H and O–H groups in total. The highest BCUT2D eigenvalue weighted by atomic mass is 16.4. The standard InChI is InChI=1S/C12H22N2O3/c1-9(2)10-5-7-14(8-10)12(17)13-6-3-4-11(15)16/h9-10H,3-8H2,1-2H3,(H,13,17)(H,15,16). The van der Waals surface area contributed by atoms with Crippen molar-refractivity contribution in [1.82, 2.24) is 10.2 Å². The van der Waals surface area contributed by atoms with Gasteiger partial charge in [-0.1, -0.05) is 13.8 Å². The molecule has 0 radical (unpaired) electrons. The monoisotopic (exact) mass is 242 g/mol. The van der Waals surface area contributed by atoms with Gasteiger partial charge in [-0.3, -0.25) is 4.79 Å². The summed E-state index contributed by atoms with van der Waals surface area (Å²) in [5, 5.41) is 11.2. The van der Waals surface area contributed by atoms with Crippen LogP contribution in [0.4, 0.5) is 4.79 Å². The maximum absolute atomic E-state index is 11.7. The minimum Gasteiger partial charge on any atom is -0.481 e. The Kier molecular flexibility index (Phi) is 5.25. The summed E-state index contributed by atoms with van der Waals surface area (Å²) in [7, 11) is 0. The van der Waals surface area contributed by atoms with E-state index in [4.69, 9.17) is 5.11 Å². The third-order valence-electron chi connectivity index (χ3n) is 3.30. The molecule has 1 saturated heterocycles. The highest BCUT2D eigenvalue weighted by molar-refractivity contribution is 5.74. The van der Waals surface area contributed by atoms with Gasteiger partial charge >= 0.3 is 12.0 Å². The van der Waals surface area contributed by atoms with E-state index in [0.29, 0.717) is 24.8 Å². The fraction of sp³-hybridized carbons (Fsp3) is 0.833. The molecule has 1 unspecified atom stereocenters. The maximum atomic E-state index is 11.7. The second-order valence-corrected chi connectivity index (χ2v) is 4.97. The molecule has 0 aromatic carbocycles. The number of nitrogens with zero attached hydrogens (tertiary/aromatic N) is 1. The molecule has 0 aliphatic carbocycles. The fourth-order valence-corrected chi connectivity index (χ4v) is 2.06. The minimum atomic E-state index is -0.819. The molecule has 0 saturated carbocycles. The molecule has 5 heteroatoms. The number of carbonyl (C=O) groups is 2. The number of carboxylic acid groups (broad SMARTS) is 1. The first kappa shape index (κ1) is 13.8. The van der Waals surface area contributed by atoms with Crippen molar-refractivity contribution >= 4 is 12.0 Å². The summed E-state index contributed by atoms with van der Waals surface area (Å²) >= 11 is 0. The van der Waals surface area contributed by atoms with Crippen LogP contribution in [0.2, 0.25) is 0 Å². The van der Waals surface area contributed by atoms with E-state index in [0.717, 1.165) is 19.5 Å². The lowest BCUT2D eigenvalue weighted by atomic mass is 9.95. The quantitative estimate of drug-likeness (QED) is 0.718. The topological polar surface area (TPSA) is 69.6 Å². The van der Waals surface area contributed by atoms with Crippen molar-refractivity contribution in [3.8, 4) is 0 Å². The molecule has 0 aromatic heterocycles. The number of nitrogens with one attached hydrogen (secondary N) is 1. The molecular weight excluding hydrogens is 220 g/mol. The van der Waals surface area contributed by atoms with Gasteiger partial charge in [0.25, 0.3) is 0 Å². The van der Waals surface area contributed by atoms with Gasteiger partial charge in [0.2, 0.25) is 0 Å². The third kappa shape index (κ3) is 4.63. The summed E-state index contributed by atoms with van der Waals surface area (Å²) in [5.74, 6) is 0.389. The van der Waals surface area contributed by atoms with Gasteiger partial charge in [0.1, 0.15) is 0 Å². The molecule has 1 aliphatic rings. The van der Waals surface area contributed by atoms with E-state index in [1.807, 2.05) is 4.90 Å². The highest BCUT2D eigenvalue weighted by Gasteiger charge is 2.27. The first-order valence-corrected chi connectivity index (χ1v) is 6.25. The lowest BCUT2D eigenvalue weighted by Gasteiger charge is -2.18. The van der Waals surface area contributed by atoms with Gasteiger partial charge in [-0.15, -0.1) is 0 Å². The molecule has 1 aliphatic heterocycles. The van der Waals surface area contributed by atoms with E-state index in [1.165, 1.54) is 0 Å². The predicted molar refractivity (Wildman–Crippen MR) is 64.8 cm³/mol. The van der Waals surface area contributed by atoms with Crippen LogP contribution in [0, 0.1) is 11.8 Å². The third-order valence-corrected chi connectivity index (χ3v) is 3.30. The molecule has 2 amide bonds. The predicted octanol–water partition coefficient (Wildman–Crippen LogP) is 1.54. The number of urea groups is 1. The van der Waals surface area contributed by atoms with Crippen molar-refractivity contribution in [3.63, 3.8) is 0 Å². The normalized spacial score (nSPS) is 19.7. The molecule has 1 heterocycles. The lowest BCUT2D eigenvalue weighted by Crippen LogP contribution is -2.39. The number of hydrogen-bond donors (Lipinski definition) is 2. The van der Waals surface area contributed by atoms with E-state index < -0.39 is 5.97 Å². The second-order valence-electron chi connectivity index (χ2n) is 4.97. The zero-order chi connectivity index (χ0) is 12.8. The molecule has 0 aromatic rings. The van der Waals surface area contributed by atoms with Crippen molar-refractivity contribution in [1.29, 1.82) is 0 Å². The van der Waals surface area contributed by atoms with Gasteiger partial charge in [-0.25, -0.2) is 4.79 Å². The van der Waals surface area contributed by atoms with Gasteiger partial charge in [-0.2, -0.15) is 0 Å². The van der Waals surface area contributed by atoms with E-state index in [1.54, 1.807) is 0 Å². The van der Waals surface area contributed by atoms with Crippen LogP contribution in [0.1, 0.15) is 33.1 Å². The molecular formula is C12H22N2O3. The zero-order valence-electron chi connectivity index (χ0n) is 10.6. The molecule has 1 atom stereocenters. The van der Waals surface area contributed by atoms with Crippen LogP contribution in [-0.2, 0) is 4.79 Å². The SMILES string of the molecule is CC(C)C1CCN(C(=O)NCCCC(=O)O)C1. The maximum Gasteiger partial charge on any atom is 0.317 e. The number of amides is 2. The molecule has 0 bridgehead atoms. The molecule has 98 valence electrons. The molecule has 1 rings (SSSR count). The number of carbonyl (C=O) groups excluding carboxylic acids is 1. The first-order valence-electron chi connectivity index (χ1n) is 6.25. The van der Waals surface area contributed by atoms with Crippen molar-refractivity contribution < 1.29 is 14.7 Å². The number of aliphatic carboxylic acids is 1. The van der Waals surface area contributed by atoms with Crippen molar-refractivity contribution in [3.05, 3.63) is 0 Å². The van der Waals surface area contributed by atoms with Gasteiger partial charge in [0.15, 0.2) is 0 Å². The fourth-order valence-electron chi connectivity index (χ4n) is 2.06. The van der Waals surface area contributed by atoms with Crippen LogP contribution in [0.5, 0.6) is 0 Å². The van der Waals surface area contributed by atoms with Gasteiger partial charge in [-0.05, 0) is 24.7 Å². The Morgan fingerprint density at radius 1 is 1.47 bits per heavy atom. The number of carboxylic acids is 1. The van der Waals surface area contributed by atoms with E-state index in [-0.39, 0.29) is 12.5 Å². The molecule has 1 fully saturated rings. The Morgan fingerprint density at radius 3 is 2.71 bits per heavy atom. The van der Waals surface area contributed by atoms with Crippen LogP contribution >= 0.6 is 0 Å². The summed E-state index contributed by atoms with van der Waals surface area (Å²) < 4.78 is 0. The van der Waals surface area contributed by atoms with Crippen LogP contribution in [0.25, 0.3) is 0 Å². The van der Waals surface area contributed by atoms with Crippen LogP contribution in [-0.4, -0.2) is 41.6 Å². The smallest absolute Gasteiger partial charge is 0.317 e. The van der Waals surface area contributed by atoms with Gasteiger partial charge in [0, 0.05) is 26.1 Å². The summed E-state index contributed by atoms with van der Waals surface area (Å²) in [5.41, 5.74) is 0. The second kappa shape index (κ2) is 6.47. The summed E-state index contributed by atoms with van der Waals surface area (Å²) in [4.78, 5) is 23.8. The Morgan fingerprint density at radius 2 is 2.18 bits per heavy atom. The van der Waals surface area contributed by atoms with Crippen LogP contribution in [0.15, 0.2) is 0 Å². The number of hydrogen-bond acceptors (Lipinski definition) is 2. The van der Waals surface area contributed by atoms with Crippen molar-refractivity contribution in [2.75, 3.05) is 19.6 Å². The van der Waals surface area contributed by atoms with Crippen molar-refractivity contribution in [2.45, 2.75) is 33.1 Å². The molecule has 17 heavy (non-hydrogen) atoms. The zero-order valence-corrected chi connectivity index (χ0v) is 10.6. The van der Waals surface area contributed by atoms with E-state index >= 15 is 0 Å². The lowest BCUT2D eigenvalue weighted by molar-refractivity contribution is -0.137. The summed E-state index contributed by atoms with van der Waals surface area (Å²) in [6.07, 6.45) is 1.66. The van der Waals surface area contributed by atoms with Crippen molar-refractivity contribution in [2.24, 2.45) is 11.8 Å². The Labute approximate surface area is 102 Å². The Bertz CT molecular complexity index is 279. The number of rotatable bonds is 5. The number of likely N-dealkylation sites (tertiary alicyclic amines) is 1. The van der Waals surface area contributed by atoms with E-state index in [9.17, 15) is 9.59 Å². The Hall–Kier alpha value is -1.26. The summed E-state index contributed by atoms with van der Waals surface area (Å²) in [6, 6.07) is -0.0569. The van der Waals surface area contributed by atoms with Gasteiger partial charge in [0.05, 0.1) is 0 Å². The molecule has 0 spiro atoms. The highest BCUT2D eigenvalue weighted by Crippen LogP contribution is 2.23. The van der Waals surface area contributed by atoms with E-state index in [2.05, 4.69) is 19.2 Å². The average Bonchev–Trinajstić information content (AvgIpc) is 2.73. The summed E-state index contributed by atoms with van der Waals surface area (Å²) in [6.45, 7) is 6.43. The van der Waals surface area contributed by atoms with Crippen LogP contribution < -0.4 is 5.32 Å². The minimum absolute atomic E-state index is 0.0569. The largest absolute Gasteiger partial charge is 0.481 e.